The fraction of sp³-hybridized carbons (Fsp3) is 0.556. The van der Waals surface area contributed by atoms with E-state index in [4.69, 9.17) is 4.74 Å². The van der Waals surface area contributed by atoms with Gasteiger partial charge in [-0.25, -0.2) is 0 Å². The van der Waals surface area contributed by atoms with Gasteiger partial charge >= 0.3 is 0 Å². The number of hydrogen-bond acceptors (Lipinski definition) is 2. The Kier molecular flexibility index (Phi) is 3.60. The van der Waals surface area contributed by atoms with Crippen molar-refractivity contribution in [3.63, 3.8) is 0 Å². The summed E-state index contributed by atoms with van der Waals surface area (Å²) in [5.74, 6) is 0. The monoisotopic (exact) mass is 170 g/mol. The minimum Gasteiger partial charge on any atom is -0.377 e. The molecule has 0 radical (unpaired) electrons. The zero-order valence-electron chi connectivity index (χ0n) is 7.09. The lowest BCUT2D eigenvalue weighted by Crippen LogP contribution is -1.93. The van der Waals surface area contributed by atoms with Crippen molar-refractivity contribution in [3.8, 4) is 0 Å². The van der Waals surface area contributed by atoms with Crippen LogP contribution in [0.15, 0.2) is 10.8 Å². The summed E-state index contributed by atoms with van der Waals surface area (Å²) in [6.07, 6.45) is 1.10. The zero-order chi connectivity index (χ0) is 8.10. The van der Waals surface area contributed by atoms with Crippen molar-refractivity contribution in [1.29, 1.82) is 0 Å². The Bertz CT molecular complexity index is 205. The second-order valence-electron chi connectivity index (χ2n) is 2.63. The van der Waals surface area contributed by atoms with E-state index in [0.29, 0.717) is 0 Å². The molecule has 1 rings (SSSR count). The van der Waals surface area contributed by atoms with Gasteiger partial charge in [-0.15, -0.1) is 0 Å². The molecule has 1 aromatic heterocycles. The molecule has 0 N–H and O–H groups in total. The van der Waals surface area contributed by atoms with E-state index in [1.807, 2.05) is 0 Å². The third-order valence-electron chi connectivity index (χ3n) is 1.57. The number of thiophene rings is 1. The van der Waals surface area contributed by atoms with Crippen LogP contribution >= 0.6 is 11.3 Å². The second kappa shape index (κ2) is 4.52. The molecule has 0 aromatic carbocycles. The van der Waals surface area contributed by atoms with Crippen molar-refractivity contribution >= 4 is 11.3 Å². The number of ether oxygens (including phenoxy) is 1. The molecular weight excluding hydrogens is 156 g/mol. The van der Waals surface area contributed by atoms with Crippen LogP contribution in [-0.4, -0.2) is 6.61 Å². The summed E-state index contributed by atoms with van der Waals surface area (Å²) in [5, 5.41) is 4.32. The molecule has 0 unspecified atom stereocenters. The standard InChI is InChI=1S/C9H14OS/c1-3-4-10-5-9-7-11-6-8(9)2/h6-7H,3-5H2,1-2H3. The normalized spacial score (nSPS) is 10.4. The Balaban J connectivity index is 2.32. The van der Waals surface area contributed by atoms with E-state index < -0.39 is 0 Å². The minimum absolute atomic E-state index is 0.781. The lowest BCUT2D eigenvalue weighted by atomic mass is 10.2. The molecule has 0 saturated carbocycles. The van der Waals surface area contributed by atoms with Crippen LogP contribution in [0.5, 0.6) is 0 Å². The van der Waals surface area contributed by atoms with Gasteiger partial charge in [-0.2, -0.15) is 11.3 Å². The smallest absolute Gasteiger partial charge is 0.0727 e. The maximum atomic E-state index is 5.41. The summed E-state index contributed by atoms with van der Waals surface area (Å²) < 4.78 is 5.41. The topological polar surface area (TPSA) is 9.23 Å². The first kappa shape index (κ1) is 8.75. The molecule has 0 saturated heterocycles. The average molecular weight is 170 g/mol. The molecule has 0 fully saturated rings. The third-order valence-corrected chi connectivity index (χ3v) is 2.48. The Morgan fingerprint density at radius 1 is 1.45 bits per heavy atom. The van der Waals surface area contributed by atoms with Crippen LogP contribution in [0, 0.1) is 6.92 Å². The molecule has 1 heterocycles. The maximum Gasteiger partial charge on any atom is 0.0727 e. The molecule has 0 aliphatic rings. The highest BCUT2D eigenvalue weighted by Crippen LogP contribution is 2.14. The fourth-order valence-electron chi connectivity index (χ4n) is 0.861. The summed E-state index contributed by atoms with van der Waals surface area (Å²) in [6.45, 7) is 5.90. The lowest BCUT2D eigenvalue weighted by Gasteiger charge is -2.00. The van der Waals surface area contributed by atoms with Crippen molar-refractivity contribution in [2.75, 3.05) is 6.61 Å². The van der Waals surface area contributed by atoms with Gasteiger partial charge in [-0.1, -0.05) is 6.92 Å². The van der Waals surface area contributed by atoms with Crippen LogP contribution < -0.4 is 0 Å². The van der Waals surface area contributed by atoms with Gasteiger partial charge in [0.1, 0.15) is 0 Å². The average Bonchev–Trinajstić information content (AvgIpc) is 2.37. The van der Waals surface area contributed by atoms with Gasteiger partial charge in [0.05, 0.1) is 6.61 Å². The summed E-state index contributed by atoms with van der Waals surface area (Å²) in [4.78, 5) is 0. The lowest BCUT2D eigenvalue weighted by molar-refractivity contribution is 0.121. The molecule has 0 aliphatic carbocycles. The van der Waals surface area contributed by atoms with Gasteiger partial charge in [-0.05, 0) is 35.2 Å². The highest BCUT2D eigenvalue weighted by atomic mass is 32.1. The van der Waals surface area contributed by atoms with Crippen LogP contribution in [0.1, 0.15) is 24.5 Å². The highest BCUT2D eigenvalue weighted by Gasteiger charge is 1.97. The molecule has 2 heteroatoms. The zero-order valence-corrected chi connectivity index (χ0v) is 7.91. The molecule has 0 spiro atoms. The van der Waals surface area contributed by atoms with Crippen LogP contribution in [0.25, 0.3) is 0 Å². The van der Waals surface area contributed by atoms with E-state index in [1.54, 1.807) is 11.3 Å². The number of hydrogen-bond donors (Lipinski definition) is 0. The van der Waals surface area contributed by atoms with Crippen LogP contribution in [-0.2, 0) is 11.3 Å². The van der Waals surface area contributed by atoms with E-state index in [0.717, 1.165) is 19.6 Å². The molecule has 0 bridgehead atoms. The third kappa shape index (κ3) is 2.64. The second-order valence-corrected chi connectivity index (χ2v) is 3.38. The van der Waals surface area contributed by atoms with Crippen LogP contribution in [0.3, 0.4) is 0 Å². The number of rotatable bonds is 4. The Morgan fingerprint density at radius 3 is 2.82 bits per heavy atom. The first-order valence-electron chi connectivity index (χ1n) is 3.94. The van der Waals surface area contributed by atoms with E-state index in [-0.39, 0.29) is 0 Å². The molecule has 0 atom stereocenters. The van der Waals surface area contributed by atoms with E-state index in [9.17, 15) is 0 Å². The molecule has 62 valence electrons. The van der Waals surface area contributed by atoms with Gasteiger partial charge in [0.2, 0.25) is 0 Å². The van der Waals surface area contributed by atoms with Crippen molar-refractivity contribution < 1.29 is 4.74 Å². The van der Waals surface area contributed by atoms with Crippen LogP contribution in [0.4, 0.5) is 0 Å². The largest absolute Gasteiger partial charge is 0.377 e. The fourth-order valence-corrected chi connectivity index (χ4v) is 1.70. The summed E-state index contributed by atoms with van der Waals surface area (Å²) in [6, 6.07) is 0. The predicted octanol–water partition coefficient (Wildman–Crippen LogP) is 2.98. The van der Waals surface area contributed by atoms with Crippen molar-refractivity contribution in [1.82, 2.24) is 0 Å². The predicted molar refractivity (Wildman–Crippen MR) is 49.0 cm³/mol. The van der Waals surface area contributed by atoms with E-state index in [1.165, 1.54) is 11.1 Å². The van der Waals surface area contributed by atoms with Gasteiger partial charge < -0.3 is 4.74 Å². The Labute approximate surface area is 72.0 Å². The molecule has 1 aromatic rings. The SMILES string of the molecule is CCCOCc1cscc1C. The van der Waals surface area contributed by atoms with E-state index in [2.05, 4.69) is 24.6 Å². The molecule has 1 nitrogen and oxygen atoms in total. The first-order chi connectivity index (χ1) is 5.34. The molecular formula is C9H14OS. The summed E-state index contributed by atoms with van der Waals surface area (Å²) >= 11 is 1.74. The highest BCUT2D eigenvalue weighted by molar-refractivity contribution is 7.08. The molecule has 0 amide bonds. The van der Waals surface area contributed by atoms with E-state index >= 15 is 0 Å². The summed E-state index contributed by atoms with van der Waals surface area (Å²) in [7, 11) is 0. The minimum atomic E-state index is 0.781. The first-order valence-corrected chi connectivity index (χ1v) is 4.88. The maximum absolute atomic E-state index is 5.41. The van der Waals surface area contributed by atoms with Crippen molar-refractivity contribution in [3.05, 3.63) is 21.9 Å². The Morgan fingerprint density at radius 2 is 2.27 bits per heavy atom. The molecule has 11 heavy (non-hydrogen) atoms. The number of aryl methyl sites for hydroxylation is 1. The summed E-state index contributed by atoms with van der Waals surface area (Å²) in [5.41, 5.74) is 2.69. The van der Waals surface area contributed by atoms with Crippen molar-refractivity contribution in [2.45, 2.75) is 26.9 Å². The van der Waals surface area contributed by atoms with Gasteiger partial charge in [0, 0.05) is 6.61 Å². The van der Waals surface area contributed by atoms with Crippen LogP contribution in [0.2, 0.25) is 0 Å². The van der Waals surface area contributed by atoms with Gasteiger partial charge in [-0.3, -0.25) is 0 Å². The van der Waals surface area contributed by atoms with Gasteiger partial charge in [0.25, 0.3) is 0 Å². The van der Waals surface area contributed by atoms with Gasteiger partial charge in [0.15, 0.2) is 0 Å². The van der Waals surface area contributed by atoms with Crippen molar-refractivity contribution in [2.24, 2.45) is 0 Å². The Hall–Kier alpha value is -0.340. The quantitative estimate of drug-likeness (QED) is 0.631. The molecule has 0 aliphatic heterocycles.